The van der Waals surface area contributed by atoms with Crippen molar-refractivity contribution in [2.75, 3.05) is 33.5 Å². The minimum atomic E-state index is -0.450. The predicted octanol–water partition coefficient (Wildman–Crippen LogP) is 5.15. The summed E-state index contributed by atoms with van der Waals surface area (Å²) in [5, 5.41) is 0. The third kappa shape index (κ3) is 6.73. The summed E-state index contributed by atoms with van der Waals surface area (Å²) in [6, 6.07) is 24.4. The first-order valence-corrected chi connectivity index (χ1v) is 10.0. The van der Waals surface area contributed by atoms with Gasteiger partial charge in [0.2, 0.25) is 0 Å². The van der Waals surface area contributed by atoms with Crippen molar-refractivity contribution in [2.45, 2.75) is 0 Å². The van der Waals surface area contributed by atoms with E-state index < -0.39 is 5.97 Å². The Bertz CT molecular complexity index is 977. The summed E-state index contributed by atoms with van der Waals surface area (Å²) in [6.45, 7) is 4.69. The molecule has 0 atom stereocenters. The van der Waals surface area contributed by atoms with Crippen LogP contribution in [0, 0.1) is 0 Å². The zero-order chi connectivity index (χ0) is 21.9. The predicted molar refractivity (Wildman–Crippen MR) is 121 cm³/mol. The Labute approximate surface area is 182 Å². The van der Waals surface area contributed by atoms with Crippen LogP contribution in [0.4, 0.5) is 0 Å². The zero-order valence-corrected chi connectivity index (χ0v) is 17.6. The lowest BCUT2D eigenvalue weighted by Gasteiger charge is -2.09. The molecule has 0 aromatic heterocycles. The highest BCUT2D eigenvalue weighted by atomic mass is 16.6. The van der Waals surface area contributed by atoms with E-state index in [0.29, 0.717) is 19.8 Å². The number of hydrogen-bond donors (Lipinski definition) is 0. The van der Waals surface area contributed by atoms with Gasteiger partial charge in [-0.25, -0.2) is 4.79 Å². The van der Waals surface area contributed by atoms with Crippen LogP contribution in [-0.4, -0.2) is 39.5 Å². The first-order chi connectivity index (χ1) is 15.2. The Morgan fingerprint density at radius 1 is 0.774 bits per heavy atom. The molecule has 0 aliphatic carbocycles. The zero-order valence-electron chi connectivity index (χ0n) is 17.6. The number of carbonyl (C=O) groups excluding carboxylic acids is 1. The maximum atomic E-state index is 10.9. The molecule has 0 radical (unpaired) electrons. The first kappa shape index (κ1) is 22.1. The van der Waals surface area contributed by atoms with E-state index in [1.165, 1.54) is 0 Å². The van der Waals surface area contributed by atoms with Crippen LogP contribution in [0.3, 0.4) is 0 Å². The van der Waals surface area contributed by atoms with Crippen molar-refractivity contribution >= 4 is 5.97 Å². The molecule has 0 aliphatic heterocycles. The van der Waals surface area contributed by atoms with Gasteiger partial charge in [-0.05, 0) is 52.6 Å². The van der Waals surface area contributed by atoms with E-state index >= 15 is 0 Å². The van der Waals surface area contributed by atoms with Crippen molar-refractivity contribution in [1.82, 2.24) is 0 Å². The molecule has 5 nitrogen and oxygen atoms in total. The van der Waals surface area contributed by atoms with Crippen molar-refractivity contribution < 1.29 is 23.7 Å². The van der Waals surface area contributed by atoms with Crippen LogP contribution in [0.1, 0.15) is 0 Å². The van der Waals surface area contributed by atoms with E-state index in [1.807, 2.05) is 36.4 Å². The fourth-order valence-corrected chi connectivity index (χ4v) is 2.99. The van der Waals surface area contributed by atoms with Gasteiger partial charge in [0, 0.05) is 6.08 Å². The van der Waals surface area contributed by atoms with Crippen molar-refractivity contribution in [3.63, 3.8) is 0 Å². The smallest absolute Gasteiger partial charge is 0.330 e. The van der Waals surface area contributed by atoms with Crippen molar-refractivity contribution in [1.29, 1.82) is 0 Å². The van der Waals surface area contributed by atoms with Gasteiger partial charge < -0.3 is 18.9 Å². The third-order valence-corrected chi connectivity index (χ3v) is 4.61. The molecule has 31 heavy (non-hydrogen) atoms. The molecule has 0 amide bonds. The molecule has 0 fully saturated rings. The molecule has 5 heteroatoms. The molecule has 0 heterocycles. The molecule has 0 N–H and O–H groups in total. The average molecular weight is 418 g/mol. The van der Waals surface area contributed by atoms with Crippen molar-refractivity contribution in [3.05, 3.63) is 85.5 Å². The Balaban J connectivity index is 1.50. The Kier molecular flexibility index (Phi) is 8.26. The highest BCUT2D eigenvalue weighted by molar-refractivity contribution is 5.81. The van der Waals surface area contributed by atoms with Gasteiger partial charge in [-0.15, -0.1) is 0 Å². The van der Waals surface area contributed by atoms with Gasteiger partial charge in [-0.1, -0.05) is 49.0 Å². The summed E-state index contributed by atoms with van der Waals surface area (Å²) < 4.78 is 21.1. The van der Waals surface area contributed by atoms with Crippen LogP contribution in [0.15, 0.2) is 85.5 Å². The highest BCUT2D eigenvalue weighted by Crippen LogP contribution is 2.28. The number of esters is 1. The topological polar surface area (TPSA) is 54.0 Å². The first-order valence-electron chi connectivity index (χ1n) is 10.0. The monoisotopic (exact) mass is 418 g/mol. The highest BCUT2D eigenvalue weighted by Gasteiger charge is 2.03. The molecule has 0 spiro atoms. The lowest BCUT2D eigenvalue weighted by molar-refractivity contribution is -0.139. The second-order valence-electron chi connectivity index (χ2n) is 6.67. The van der Waals surface area contributed by atoms with Gasteiger partial charge in [0.05, 0.1) is 20.3 Å². The quantitative estimate of drug-likeness (QED) is 0.245. The second kappa shape index (κ2) is 11.6. The molecule has 3 rings (SSSR count). The molecule has 0 aliphatic rings. The fourth-order valence-electron chi connectivity index (χ4n) is 2.99. The minimum Gasteiger partial charge on any atom is -0.497 e. The van der Waals surface area contributed by atoms with Crippen molar-refractivity contribution in [2.24, 2.45) is 0 Å². The summed E-state index contributed by atoms with van der Waals surface area (Å²) in [7, 11) is 1.67. The average Bonchev–Trinajstić information content (AvgIpc) is 2.83. The standard InChI is InChI=1S/C26H26O5/c1-3-26(27)31-18-16-29-15-17-30-25-13-9-21(10-14-25)23-6-4-5-22(19-23)20-7-11-24(28-2)12-8-20/h3-14,19H,1,15-18H2,2H3. The summed E-state index contributed by atoms with van der Waals surface area (Å²) in [4.78, 5) is 10.9. The third-order valence-electron chi connectivity index (χ3n) is 4.61. The van der Waals surface area contributed by atoms with Crippen LogP contribution in [-0.2, 0) is 14.3 Å². The van der Waals surface area contributed by atoms with Gasteiger partial charge >= 0.3 is 5.97 Å². The van der Waals surface area contributed by atoms with E-state index in [-0.39, 0.29) is 6.61 Å². The van der Waals surface area contributed by atoms with Crippen molar-refractivity contribution in [3.8, 4) is 33.8 Å². The van der Waals surface area contributed by atoms with Gasteiger partial charge in [-0.2, -0.15) is 0 Å². The molecule has 3 aromatic rings. The Morgan fingerprint density at radius 2 is 1.35 bits per heavy atom. The normalized spacial score (nSPS) is 10.4. The van der Waals surface area contributed by atoms with Crippen LogP contribution < -0.4 is 9.47 Å². The minimum absolute atomic E-state index is 0.204. The molecule has 0 unspecified atom stereocenters. The Hall–Kier alpha value is -3.57. The molecular formula is C26H26O5. The number of methoxy groups -OCH3 is 1. The summed E-state index contributed by atoms with van der Waals surface area (Å²) in [5.74, 6) is 1.17. The van der Waals surface area contributed by atoms with Gasteiger partial charge in [0.25, 0.3) is 0 Å². The van der Waals surface area contributed by atoms with E-state index in [4.69, 9.17) is 18.9 Å². The largest absolute Gasteiger partial charge is 0.497 e. The summed E-state index contributed by atoms with van der Waals surface area (Å²) >= 11 is 0. The molecular weight excluding hydrogens is 392 g/mol. The van der Waals surface area contributed by atoms with E-state index in [9.17, 15) is 4.79 Å². The number of carbonyl (C=O) groups is 1. The molecule has 0 saturated heterocycles. The van der Waals surface area contributed by atoms with E-state index in [1.54, 1.807) is 7.11 Å². The number of benzene rings is 3. The number of rotatable bonds is 11. The van der Waals surface area contributed by atoms with E-state index in [2.05, 4.69) is 43.0 Å². The Morgan fingerprint density at radius 3 is 1.94 bits per heavy atom. The SMILES string of the molecule is C=CC(=O)OCCOCCOc1ccc(-c2cccc(-c3ccc(OC)cc3)c2)cc1. The van der Waals surface area contributed by atoms with Crippen LogP contribution in [0.5, 0.6) is 11.5 Å². The lowest BCUT2D eigenvalue weighted by Crippen LogP contribution is -2.12. The maximum absolute atomic E-state index is 10.9. The second-order valence-corrected chi connectivity index (χ2v) is 6.67. The summed E-state index contributed by atoms with van der Waals surface area (Å²) in [5.41, 5.74) is 4.54. The fraction of sp³-hybridized carbons (Fsp3) is 0.192. The lowest BCUT2D eigenvalue weighted by atomic mass is 9.99. The molecule has 160 valence electrons. The van der Waals surface area contributed by atoms with Gasteiger partial charge in [0.1, 0.15) is 24.7 Å². The van der Waals surface area contributed by atoms with Crippen LogP contribution in [0.25, 0.3) is 22.3 Å². The van der Waals surface area contributed by atoms with Gasteiger partial charge in [0.15, 0.2) is 0 Å². The molecule has 0 saturated carbocycles. The molecule has 3 aromatic carbocycles. The number of ether oxygens (including phenoxy) is 4. The van der Waals surface area contributed by atoms with Crippen LogP contribution >= 0.6 is 0 Å². The van der Waals surface area contributed by atoms with E-state index in [0.717, 1.165) is 39.8 Å². The number of hydrogen-bond acceptors (Lipinski definition) is 5. The van der Waals surface area contributed by atoms with Gasteiger partial charge in [-0.3, -0.25) is 0 Å². The summed E-state index contributed by atoms with van der Waals surface area (Å²) in [6.07, 6.45) is 1.13. The van der Waals surface area contributed by atoms with Crippen LogP contribution in [0.2, 0.25) is 0 Å². The maximum Gasteiger partial charge on any atom is 0.330 e. The molecule has 0 bridgehead atoms.